The molecule has 0 unspecified atom stereocenters. The second-order valence-corrected chi connectivity index (χ2v) is 5.03. The summed E-state index contributed by atoms with van der Waals surface area (Å²) in [6.07, 6.45) is 2.98. The van der Waals surface area contributed by atoms with E-state index in [1.807, 2.05) is 12.1 Å². The number of hydrogen-bond acceptors (Lipinski definition) is 2. The van der Waals surface area contributed by atoms with Crippen molar-refractivity contribution < 1.29 is 18.7 Å². The molecule has 0 aliphatic carbocycles. The first-order valence-electron chi connectivity index (χ1n) is 6.85. The lowest BCUT2D eigenvalue weighted by molar-refractivity contribution is -0.131. The zero-order valence-electron chi connectivity index (χ0n) is 11.9. The molecule has 2 N–H and O–H groups in total. The highest BCUT2D eigenvalue weighted by Gasteiger charge is 2.11. The predicted molar refractivity (Wildman–Crippen MR) is 81.9 cm³/mol. The number of fused-ring (bicyclic) bond motifs is 1. The molecule has 0 radical (unpaired) electrons. The first kappa shape index (κ1) is 14.9. The normalized spacial score (nSPS) is 11.4. The highest BCUT2D eigenvalue weighted by atomic mass is 19.2. The minimum absolute atomic E-state index is 0.0565. The van der Waals surface area contributed by atoms with Gasteiger partial charge in [0.25, 0.3) is 0 Å². The molecule has 1 aromatic heterocycles. The number of carbonyl (C=O) groups is 1. The topological polar surface area (TPSA) is 66.0 Å². The Balaban J connectivity index is 1.82. The van der Waals surface area contributed by atoms with Crippen molar-refractivity contribution in [1.29, 1.82) is 0 Å². The minimum atomic E-state index is -1.01. The molecular formula is C17H12F2N2O2. The van der Waals surface area contributed by atoms with Crippen LogP contribution in [0.5, 0.6) is 0 Å². The molecule has 2 aromatic carbocycles. The Morgan fingerprint density at radius 2 is 1.91 bits per heavy atom. The molecule has 0 spiro atoms. The van der Waals surface area contributed by atoms with Gasteiger partial charge in [-0.2, -0.15) is 0 Å². The fourth-order valence-corrected chi connectivity index (χ4v) is 2.26. The number of carboxylic acids is 1. The third-order valence-corrected chi connectivity index (χ3v) is 3.37. The van der Waals surface area contributed by atoms with E-state index in [0.29, 0.717) is 17.8 Å². The Hall–Kier alpha value is -3.02. The Kier molecular flexibility index (Phi) is 3.89. The van der Waals surface area contributed by atoms with Gasteiger partial charge < -0.3 is 10.1 Å². The van der Waals surface area contributed by atoms with Gasteiger partial charge in [0.05, 0.1) is 5.52 Å². The van der Waals surface area contributed by atoms with Crippen LogP contribution < -0.4 is 0 Å². The van der Waals surface area contributed by atoms with Crippen molar-refractivity contribution in [1.82, 2.24) is 9.97 Å². The third-order valence-electron chi connectivity index (χ3n) is 3.37. The molecule has 23 heavy (non-hydrogen) atoms. The largest absolute Gasteiger partial charge is 0.478 e. The van der Waals surface area contributed by atoms with E-state index in [9.17, 15) is 13.6 Å². The standard InChI is InChI=1S/C17H12F2N2O2/c18-12-6-7-13-17(16(12)19)21-14(20-13)9-11-3-1-10(2-4-11)5-8-15(22)23/h1-8H,9H2,(H,20,21)(H,22,23)/b8-5+. The van der Waals surface area contributed by atoms with E-state index in [1.165, 1.54) is 12.1 Å². The molecule has 0 amide bonds. The summed E-state index contributed by atoms with van der Waals surface area (Å²) in [6, 6.07) is 9.67. The van der Waals surface area contributed by atoms with Crippen molar-refractivity contribution in [3.8, 4) is 0 Å². The maximum Gasteiger partial charge on any atom is 0.328 e. The smallest absolute Gasteiger partial charge is 0.328 e. The number of benzene rings is 2. The maximum atomic E-state index is 13.7. The van der Waals surface area contributed by atoms with Gasteiger partial charge in [-0.05, 0) is 29.3 Å². The van der Waals surface area contributed by atoms with E-state index < -0.39 is 17.6 Å². The molecule has 1 heterocycles. The Labute approximate surface area is 130 Å². The number of imidazole rings is 1. The van der Waals surface area contributed by atoms with E-state index >= 15 is 0 Å². The van der Waals surface area contributed by atoms with E-state index in [4.69, 9.17) is 5.11 Å². The monoisotopic (exact) mass is 314 g/mol. The van der Waals surface area contributed by atoms with Crippen LogP contribution in [0.3, 0.4) is 0 Å². The Bertz CT molecular complexity index is 899. The van der Waals surface area contributed by atoms with E-state index in [1.54, 1.807) is 12.1 Å². The van der Waals surface area contributed by atoms with Gasteiger partial charge in [0.1, 0.15) is 11.3 Å². The summed E-state index contributed by atoms with van der Waals surface area (Å²) >= 11 is 0. The second kappa shape index (κ2) is 6.00. The molecule has 3 rings (SSSR count). The first-order valence-corrected chi connectivity index (χ1v) is 6.85. The number of aromatic amines is 1. The molecule has 0 aliphatic rings. The quantitative estimate of drug-likeness (QED) is 0.724. The number of rotatable bonds is 4. The van der Waals surface area contributed by atoms with Crippen LogP contribution in [0.2, 0.25) is 0 Å². The van der Waals surface area contributed by atoms with Gasteiger partial charge in [-0.15, -0.1) is 0 Å². The van der Waals surface area contributed by atoms with Crippen LogP contribution in [-0.2, 0) is 11.2 Å². The van der Waals surface area contributed by atoms with Gasteiger partial charge in [0.2, 0.25) is 0 Å². The SMILES string of the molecule is O=C(O)/C=C/c1ccc(Cc2nc3ccc(F)c(F)c3[nH]2)cc1. The lowest BCUT2D eigenvalue weighted by atomic mass is 10.1. The number of aromatic nitrogens is 2. The summed E-state index contributed by atoms with van der Waals surface area (Å²) in [6.45, 7) is 0. The second-order valence-electron chi connectivity index (χ2n) is 5.03. The van der Waals surface area contributed by atoms with E-state index in [-0.39, 0.29) is 5.52 Å². The number of aliphatic carboxylic acids is 1. The van der Waals surface area contributed by atoms with Crippen LogP contribution in [0.1, 0.15) is 17.0 Å². The minimum Gasteiger partial charge on any atom is -0.478 e. The number of nitrogens with zero attached hydrogens (tertiary/aromatic N) is 1. The zero-order valence-corrected chi connectivity index (χ0v) is 11.9. The highest BCUT2D eigenvalue weighted by molar-refractivity contribution is 5.85. The fraction of sp³-hybridized carbons (Fsp3) is 0.0588. The molecule has 0 saturated heterocycles. The summed E-state index contributed by atoms with van der Waals surface area (Å²) in [4.78, 5) is 17.5. The number of H-pyrrole nitrogens is 1. The fourth-order valence-electron chi connectivity index (χ4n) is 2.26. The molecule has 3 aromatic rings. The number of halogens is 2. The predicted octanol–water partition coefficient (Wildman–Crippen LogP) is 3.53. The lowest BCUT2D eigenvalue weighted by Gasteiger charge is -1.99. The van der Waals surface area contributed by atoms with Crippen LogP contribution in [0.15, 0.2) is 42.5 Å². The summed E-state index contributed by atoms with van der Waals surface area (Å²) in [5, 5.41) is 8.58. The summed E-state index contributed by atoms with van der Waals surface area (Å²) < 4.78 is 26.8. The van der Waals surface area contributed by atoms with Crippen LogP contribution in [-0.4, -0.2) is 21.0 Å². The van der Waals surface area contributed by atoms with Crippen molar-refractivity contribution >= 4 is 23.1 Å². The number of nitrogens with one attached hydrogen (secondary N) is 1. The van der Waals surface area contributed by atoms with Gasteiger partial charge in [0.15, 0.2) is 11.6 Å². The maximum absolute atomic E-state index is 13.7. The summed E-state index contributed by atoms with van der Waals surface area (Å²) in [5.74, 6) is -2.33. The van der Waals surface area contributed by atoms with Crippen LogP contribution in [0.4, 0.5) is 8.78 Å². The van der Waals surface area contributed by atoms with Crippen LogP contribution in [0.25, 0.3) is 17.1 Å². The van der Waals surface area contributed by atoms with Crippen molar-refractivity contribution in [3.63, 3.8) is 0 Å². The molecule has 0 fully saturated rings. The van der Waals surface area contributed by atoms with Crippen molar-refractivity contribution in [2.24, 2.45) is 0 Å². The van der Waals surface area contributed by atoms with Gasteiger partial charge in [-0.3, -0.25) is 0 Å². The summed E-state index contributed by atoms with van der Waals surface area (Å²) in [5.41, 5.74) is 2.10. The lowest BCUT2D eigenvalue weighted by Crippen LogP contribution is -1.91. The van der Waals surface area contributed by atoms with Gasteiger partial charge in [-0.25, -0.2) is 18.6 Å². The Morgan fingerprint density at radius 1 is 1.17 bits per heavy atom. The molecule has 0 saturated carbocycles. The first-order chi connectivity index (χ1) is 11.0. The van der Waals surface area contributed by atoms with Crippen molar-refractivity contribution in [2.75, 3.05) is 0 Å². The Morgan fingerprint density at radius 3 is 2.61 bits per heavy atom. The average molecular weight is 314 g/mol. The van der Waals surface area contributed by atoms with Crippen LogP contribution >= 0.6 is 0 Å². The van der Waals surface area contributed by atoms with E-state index in [0.717, 1.165) is 23.3 Å². The molecule has 116 valence electrons. The number of hydrogen-bond donors (Lipinski definition) is 2. The third kappa shape index (κ3) is 3.26. The van der Waals surface area contributed by atoms with Crippen molar-refractivity contribution in [2.45, 2.75) is 6.42 Å². The molecule has 4 nitrogen and oxygen atoms in total. The van der Waals surface area contributed by atoms with Gasteiger partial charge >= 0.3 is 5.97 Å². The van der Waals surface area contributed by atoms with Gasteiger partial charge in [-0.1, -0.05) is 24.3 Å². The molecular weight excluding hydrogens is 302 g/mol. The number of carboxylic acid groups (broad SMARTS) is 1. The van der Waals surface area contributed by atoms with Gasteiger partial charge in [0, 0.05) is 12.5 Å². The highest BCUT2D eigenvalue weighted by Crippen LogP contribution is 2.19. The van der Waals surface area contributed by atoms with Crippen LogP contribution in [0, 0.1) is 11.6 Å². The molecule has 6 heteroatoms. The average Bonchev–Trinajstić information content (AvgIpc) is 2.94. The molecule has 0 atom stereocenters. The van der Waals surface area contributed by atoms with E-state index in [2.05, 4.69) is 9.97 Å². The molecule has 0 bridgehead atoms. The molecule has 0 aliphatic heterocycles. The summed E-state index contributed by atoms with van der Waals surface area (Å²) in [7, 11) is 0. The zero-order chi connectivity index (χ0) is 16.4. The van der Waals surface area contributed by atoms with Crippen molar-refractivity contribution in [3.05, 3.63) is 71.1 Å².